The third-order valence-corrected chi connectivity index (χ3v) is 3.11. The quantitative estimate of drug-likeness (QED) is 0.781. The lowest BCUT2D eigenvalue weighted by molar-refractivity contribution is -0.110. The fraction of sp³-hybridized carbons (Fsp3) is 0.250. The van der Waals surface area contributed by atoms with Crippen LogP contribution in [0.1, 0.15) is 5.56 Å². The van der Waals surface area contributed by atoms with E-state index in [4.69, 9.17) is 11.6 Å². The number of aromatic hydroxyl groups is 1. The summed E-state index contributed by atoms with van der Waals surface area (Å²) in [5.74, 6) is -1.40. The van der Waals surface area contributed by atoms with Crippen LogP contribution in [0.3, 0.4) is 0 Å². The van der Waals surface area contributed by atoms with Crippen LogP contribution in [0.4, 0.5) is 17.6 Å². The average molecular weight is 325 g/mol. The summed E-state index contributed by atoms with van der Waals surface area (Å²) in [5, 5.41) is 22.9. The minimum Gasteiger partial charge on any atom is -0.506 e. The lowest BCUT2D eigenvalue weighted by Gasteiger charge is -2.27. The number of phenols is 1. The number of allylic oxidation sites excluding steroid dienone is 1. The molecule has 0 amide bonds. The van der Waals surface area contributed by atoms with Crippen LogP contribution in [0.15, 0.2) is 29.0 Å². The number of benzene rings is 1. The first-order chi connectivity index (χ1) is 9.61. The monoisotopic (exact) mass is 324 g/mol. The number of hydrogen-bond donors (Lipinski definition) is 2. The summed E-state index contributed by atoms with van der Waals surface area (Å²) in [5.41, 5.74) is -1.87. The van der Waals surface area contributed by atoms with Crippen molar-refractivity contribution in [1.82, 2.24) is 5.01 Å². The second-order valence-corrected chi connectivity index (χ2v) is 4.69. The van der Waals surface area contributed by atoms with Gasteiger partial charge in [-0.25, -0.2) is 4.39 Å². The molecule has 1 heterocycles. The van der Waals surface area contributed by atoms with Crippen molar-refractivity contribution in [3.8, 4) is 5.75 Å². The van der Waals surface area contributed by atoms with Gasteiger partial charge in [-0.05, 0) is 18.2 Å². The number of alkyl halides is 3. The molecule has 0 aliphatic carbocycles. The highest BCUT2D eigenvalue weighted by molar-refractivity contribution is 6.32. The van der Waals surface area contributed by atoms with Gasteiger partial charge in [0.2, 0.25) is 0 Å². The maximum atomic E-state index is 13.8. The number of rotatable bonds is 1. The Bertz CT molecular complexity index is 643. The van der Waals surface area contributed by atoms with Crippen LogP contribution in [-0.4, -0.2) is 40.3 Å². The van der Waals surface area contributed by atoms with E-state index in [0.29, 0.717) is 11.1 Å². The molecule has 1 atom stereocenters. The standard InChI is InChI=1S/C12H9ClF4N2O2/c1-19-10(12(15,16)17)4-9(21)11(18-19)5-2-8(20)6(13)3-7(5)14/h2-4,9,20-21H,1H3. The fourth-order valence-electron chi connectivity index (χ4n) is 1.84. The zero-order valence-electron chi connectivity index (χ0n) is 10.5. The molecule has 0 saturated heterocycles. The van der Waals surface area contributed by atoms with Gasteiger partial charge < -0.3 is 10.2 Å². The van der Waals surface area contributed by atoms with E-state index >= 15 is 0 Å². The molecule has 2 N–H and O–H groups in total. The summed E-state index contributed by atoms with van der Waals surface area (Å²) in [6.07, 6.45) is -5.97. The fourth-order valence-corrected chi connectivity index (χ4v) is 1.99. The van der Waals surface area contributed by atoms with Crippen molar-refractivity contribution in [2.75, 3.05) is 7.05 Å². The molecule has 21 heavy (non-hydrogen) atoms. The zero-order valence-corrected chi connectivity index (χ0v) is 11.2. The van der Waals surface area contributed by atoms with Gasteiger partial charge in [0.05, 0.1) is 5.02 Å². The molecule has 1 unspecified atom stereocenters. The van der Waals surface area contributed by atoms with Gasteiger partial charge in [-0.1, -0.05) is 11.6 Å². The molecule has 2 rings (SSSR count). The second kappa shape index (κ2) is 5.19. The van der Waals surface area contributed by atoms with Gasteiger partial charge in [0, 0.05) is 12.6 Å². The van der Waals surface area contributed by atoms with Crippen LogP contribution in [-0.2, 0) is 0 Å². The van der Waals surface area contributed by atoms with Gasteiger partial charge in [0.1, 0.15) is 29.1 Å². The summed E-state index contributed by atoms with van der Waals surface area (Å²) in [6.45, 7) is 0. The first-order valence-corrected chi connectivity index (χ1v) is 5.96. The molecule has 9 heteroatoms. The van der Waals surface area contributed by atoms with Gasteiger partial charge in [0.15, 0.2) is 0 Å². The summed E-state index contributed by atoms with van der Waals surface area (Å²) >= 11 is 5.51. The minimum atomic E-state index is -4.70. The van der Waals surface area contributed by atoms with Crippen molar-refractivity contribution in [2.24, 2.45) is 5.10 Å². The Labute approximate surface area is 121 Å². The number of nitrogens with zero attached hydrogens (tertiary/aromatic N) is 2. The van der Waals surface area contributed by atoms with Crippen LogP contribution in [0.25, 0.3) is 0 Å². The van der Waals surface area contributed by atoms with Gasteiger partial charge in [-0.3, -0.25) is 5.01 Å². The van der Waals surface area contributed by atoms with Crippen LogP contribution >= 0.6 is 11.6 Å². The second-order valence-electron chi connectivity index (χ2n) is 4.29. The Kier molecular flexibility index (Phi) is 3.85. The first-order valence-electron chi connectivity index (χ1n) is 5.59. The molecule has 4 nitrogen and oxygen atoms in total. The maximum Gasteiger partial charge on any atom is 0.432 e. The molecule has 114 valence electrons. The first kappa shape index (κ1) is 15.6. The Morgan fingerprint density at radius 3 is 2.52 bits per heavy atom. The molecule has 0 radical (unpaired) electrons. The van der Waals surface area contributed by atoms with E-state index in [9.17, 15) is 27.8 Å². The molecule has 1 aromatic rings. The highest BCUT2D eigenvalue weighted by atomic mass is 35.5. The molecular formula is C12H9ClF4N2O2. The van der Waals surface area contributed by atoms with Crippen molar-refractivity contribution in [3.05, 3.63) is 40.3 Å². The van der Waals surface area contributed by atoms with Crippen molar-refractivity contribution in [3.63, 3.8) is 0 Å². The van der Waals surface area contributed by atoms with Crippen LogP contribution in [0, 0.1) is 5.82 Å². The smallest absolute Gasteiger partial charge is 0.432 e. The van der Waals surface area contributed by atoms with Crippen LogP contribution in [0.2, 0.25) is 5.02 Å². The Hall–Kier alpha value is -1.80. The average Bonchev–Trinajstić information content (AvgIpc) is 2.35. The van der Waals surface area contributed by atoms with Gasteiger partial charge in [-0.15, -0.1) is 0 Å². The molecule has 1 aliphatic heterocycles. The largest absolute Gasteiger partial charge is 0.506 e. The number of aliphatic hydroxyl groups is 1. The SMILES string of the molecule is CN1N=C(c2cc(O)c(Cl)cc2F)C(O)C=C1C(F)(F)F. The molecule has 1 aromatic carbocycles. The highest BCUT2D eigenvalue weighted by Gasteiger charge is 2.40. The van der Waals surface area contributed by atoms with E-state index < -0.39 is 29.5 Å². The number of hydrogen-bond acceptors (Lipinski definition) is 4. The Morgan fingerprint density at radius 1 is 1.33 bits per heavy atom. The molecular weight excluding hydrogens is 316 g/mol. The third kappa shape index (κ3) is 2.96. The highest BCUT2D eigenvalue weighted by Crippen LogP contribution is 2.33. The van der Waals surface area contributed by atoms with Crippen molar-refractivity contribution < 1.29 is 27.8 Å². The number of aliphatic hydroxyl groups excluding tert-OH is 1. The predicted molar refractivity (Wildman–Crippen MR) is 67.5 cm³/mol. The lowest BCUT2D eigenvalue weighted by Crippen LogP contribution is -2.35. The van der Waals surface area contributed by atoms with E-state index in [1.807, 2.05) is 0 Å². The van der Waals surface area contributed by atoms with E-state index in [0.717, 1.165) is 19.2 Å². The lowest BCUT2D eigenvalue weighted by atomic mass is 10.0. The molecule has 0 fully saturated rings. The van der Waals surface area contributed by atoms with Gasteiger partial charge in [0.25, 0.3) is 0 Å². The molecule has 0 bridgehead atoms. The molecule has 0 aromatic heterocycles. The topological polar surface area (TPSA) is 56.1 Å². The normalized spacial score (nSPS) is 19.4. The van der Waals surface area contributed by atoms with E-state index in [1.165, 1.54) is 0 Å². The summed E-state index contributed by atoms with van der Waals surface area (Å²) < 4.78 is 51.8. The van der Waals surface area contributed by atoms with Crippen LogP contribution < -0.4 is 0 Å². The van der Waals surface area contributed by atoms with E-state index in [1.54, 1.807) is 0 Å². The predicted octanol–water partition coefficient (Wildman–Crippen LogP) is 2.64. The number of phenolic OH excluding ortho intramolecular Hbond substituents is 1. The van der Waals surface area contributed by atoms with E-state index in [2.05, 4.69) is 5.10 Å². The summed E-state index contributed by atoms with van der Waals surface area (Å²) in [6, 6.07) is 1.67. The molecule has 0 saturated carbocycles. The Morgan fingerprint density at radius 2 is 1.95 bits per heavy atom. The number of hydrazone groups is 1. The summed E-state index contributed by atoms with van der Waals surface area (Å²) in [4.78, 5) is 0. The minimum absolute atomic E-state index is 0.262. The van der Waals surface area contributed by atoms with Crippen molar-refractivity contribution >= 4 is 17.3 Å². The third-order valence-electron chi connectivity index (χ3n) is 2.81. The Balaban J connectivity index is 2.47. The van der Waals surface area contributed by atoms with Gasteiger partial charge >= 0.3 is 6.18 Å². The number of halogens is 5. The van der Waals surface area contributed by atoms with Gasteiger partial charge in [-0.2, -0.15) is 18.3 Å². The zero-order chi connectivity index (χ0) is 15.9. The maximum absolute atomic E-state index is 13.8. The van der Waals surface area contributed by atoms with Crippen molar-refractivity contribution in [1.29, 1.82) is 0 Å². The molecule has 0 spiro atoms. The molecule has 1 aliphatic rings. The summed E-state index contributed by atoms with van der Waals surface area (Å²) in [7, 11) is 1.01. The van der Waals surface area contributed by atoms with Crippen molar-refractivity contribution in [2.45, 2.75) is 12.3 Å². The van der Waals surface area contributed by atoms with E-state index in [-0.39, 0.29) is 16.3 Å². The van der Waals surface area contributed by atoms with Crippen LogP contribution in [0.5, 0.6) is 5.75 Å².